The molecule has 0 saturated heterocycles. The minimum Gasteiger partial charge on any atom is -0.480 e. The molecule has 0 aromatic carbocycles. The molecule has 0 aliphatic rings. The summed E-state index contributed by atoms with van der Waals surface area (Å²) in [7, 11) is -1.36. The van der Waals surface area contributed by atoms with Gasteiger partial charge >= 0.3 is 5.97 Å². The zero-order valence-corrected chi connectivity index (χ0v) is 8.64. The molecule has 4 heteroatoms. The van der Waals surface area contributed by atoms with Crippen molar-refractivity contribution in [3.8, 4) is 0 Å². The minimum absolute atomic E-state index is 0.620. The molecule has 0 amide bonds. The van der Waals surface area contributed by atoms with Crippen molar-refractivity contribution in [2.75, 3.05) is 0 Å². The molecule has 0 aliphatic carbocycles. The summed E-state index contributed by atoms with van der Waals surface area (Å²) in [5.74, 6) is -0.903. The van der Waals surface area contributed by atoms with Crippen molar-refractivity contribution in [3.05, 3.63) is 0 Å². The monoisotopic (exact) mass is 175 g/mol. The third kappa shape index (κ3) is 4.16. The van der Waals surface area contributed by atoms with Gasteiger partial charge in [-0.3, -0.25) is 4.79 Å². The number of hydrogen-bond acceptors (Lipinski definition) is 2. The summed E-state index contributed by atoms with van der Waals surface area (Å²) in [4.78, 5) is 10.6. The number of carbonyl (C=O) groups is 1. The Labute approximate surface area is 68.6 Å². The number of nitrogens with two attached hydrogens (primary N) is 1. The number of carboxylic acid groups (broad SMARTS) is 1. The molecule has 0 aliphatic heterocycles. The normalized spacial score (nSPS) is 17.5. The van der Waals surface area contributed by atoms with Crippen LogP contribution in [0.5, 0.6) is 0 Å². The molecule has 11 heavy (non-hydrogen) atoms. The van der Waals surface area contributed by atoms with Crippen molar-refractivity contribution in [3.63, 3.8) is 0 Å². The standard InChI is InChI=1S/C7H17NO2Si/c1-7(8,6(9)10)5-11(2,3)4/h5,8H2,1-4H3,(H,9,10)/t7-/m0/s1. The molecule has 0 unspecified atom stereocenters. The molecular weight excluding hydrogens is 158 g/mol. The van der Waals surface area contributed by atoms with E-state index in [4.69, 9.17) is 10.8 Å². The van der Waals surface area contributed by atoms with Crippen LogP contribution in [0.4, 0.5) is 0 Å². The highest BCUT2D eigenvalue weighted by molar-refractivity contribution is 6.76. The molecule has 66 valence electrons. The summed E-state index contributed by atoms with van der Waals surface area (Å²) >= 11 is 0. The van der Waals surface area contributed by atoms with Gasteiger partial charge in [-0.25, -0.2) is 0 Å². The van der Waals surface area contributed by atoms with Gasteiger partial charge in [0.05, 0.1) is 0 Å². The lowest BCUT2D eigenvalue weighted by Crippen LogP contribution is -2.49. The Morgan fingerprint density at radius 2 is 1.91 bits per heavy atom. The molecule has 0 fully saturated rings. The zero-order chi connectivity index (χ0) is 9.28. The van der Waals surface area contributed by atoms with E-state index >= 15 is 0 Å². The van der Waals surface area contributed by atoms with Gasteiger partial charge in [0.2, 0.25) is 0 Å². The zero-order valence-electron chi connectivity index (χ0n) is 7.64. The van der Waals surface area contributed by atoms with E-state index in [9.17, 15) is 4.79 Å². The highest BCUT2D eigenvalue weighted by Gasteiger charge is 2.33. The van der Waals surface area contributed by atoms with Crippen LogP contribution >= 0.6 is 0 Å². The fourth-order valence-corrected chi connectivity index (χ4v) is 3.53. The average Bonchev–Trinajstić information content (AvgIpc) is 1.56. The summed E-state index contributed by atoms with van der Waals surface area (Å²) in [6.07, 6.45) is 0. The van der Waals surface area contributed by atoms with Crippen LogP contribution in [0.2, 0.25) is 25.7 Å². The van der Waals surface area contributed by atoms with Crippen LogP contribution in [0, 0.1) is 0 Å². The van der Waals surface area contributed by atoms with Gasteiger partial charge in [-0.05, 0) is 13.0 Å². The number of aliphatic carboxylic acids is 1. The van der Waals surface area contributed by atoms with E-state index in [1.165, 1.54) is 0 Å². The van der Waals surface area contributed by atoms with E-state index in [1.54, 1.807) is 6.92 Å². The van der Waals surface area contributed by atoms with Crippen molar-refractivity contribution < 1.29 is 9.90 Å². The van der Waals surface area contributed by atoms with Crippen molar-refractivity contribution in [2.45, 2.75) is 38.1 Å². The molecule has 0 heterocycles. The Balaban J connectivity index is 4.25. The lowest BCUT2D eigenvalue weighted by Gasteiger charge is -2.26. The van der Waals surface area contributed by atoms with Gasteiger partial charge in [-0.2, -0.15) is 0 Å². The van der Waals surface area contributed by atoms with Gasteiger partial charge in [0.1, 0.15) is 5.54 Å². The van der Waals surface area contributed by atoms with Crippen LogP contribution in [-0.2, 0) is 4.79 Å². The van der Waals surface area contributed by atoms with Crippen LogP contribution in [0.15, 0.2) is 0 Å². The molecule has 0 aromatic heterocycles. The quantitative estimate of drug-likeness (QED) is 0.632. The summed E-state index contributed by atoms with van der Waals surface area (Å²) in [6, 6.07) is 0.620. The SMILES string of the molecule is C[C@](N)(C[Si](C)(C)C)C(=O)O. The molecule has 0 saturated carbocycles. The summed E-state index contributed by atoms with van der Waals surface area (Å²) in [6.45, 7) is 7.91. The summed E-state index contributed by atoms with van der Waals surface area (Å²) in [5, 5.41) is 8.70. The van der Waals surface area contributed by atoms with Crippen LogP contribution < -0.4 is 5.73 Å². The van der Waals surface area contributed by atoms with Gasteiger partial charge in [-0.15, -0.1) is 0 Å². The first-order valence-corrected chi connectivity index (χ1v) is 7.38. The fourth-order valence-electron chi connectivity index (χ4n) is 1.18. The van der Waals surface area contributed by atoms with Gasteiger partial charge in [0.25, 0.3) is 0 Å². The third-order valence-corrected chi connectivity index (χ3v) is 3.18. The van der Waals surface area contributed by atoms with E-state index in [1.807, 2.05) is 0 Å². The van der Waals surface area contributed by atoms with E-state index in [-0.39, 0.29) is 0 Å². The highest BCUT2D eigenvalue weighted by atomic mass is 28.3. The smallest absolute Gasteiger partial charge is 0.323 e. The van der Waals surface area contributed by atoms with Crippen LogP contribution in [0.25, 0.3) is 0 Å². The molecule has 0 rings (SSSR count). The molecule has 0 spiro atoms. The Morgan fingerprint density at radius 3 is 2.00 bits per heavy atom. The number of carboxylic acids is 1. The van der Waals surface area contributed by atoms with Gasteiger partial charge < -0.3 is 10.8 Å². The van der Waals surface area contributed by atoms with Crippen LogP contribution in [-0.4, -0.2) is 24.7 Å². The predicted octanol–water partition coefficient (Wildman–Crippen LogP) is 1.13. The molecule has 0 radical (unpaired) electrons. The largest absolute Gasteiger partial charge is 0.480 e. The highest BCUT2D eigenvalue weighted by Crippen LogP contribution is 2.18. The second-order valence-electron chi connectivity index (χ2n) is 4.46. The second-order valence-corrected chi connectivity index (χ2v) is 9.93. The van der Waals surface area contributed by atoms with Crippen molar-refractivity contribution in [2.24, 2.45) is 5.73 Å². The molecule has 0 bridgehead atoms. The lowest BCUT2D eigenvalue weighted by molar-refractivity contribution is -0.141. The van der Waals surface area contributed by atoms with Crippen molar-refractivity contribution in [1.29, 1.82) is 0 Å². The molecule has 3 N–H and O–H groups in total. The second kappa shape index (κ2) is 2.95. The molecule has 0 aromatic rings. The maximum Gasteiger partial charge on any atom is 0.323 e. The van der Waals surface area contributed by atoms with Crippen molar-refractivity contribution >= 4 is 14.0 Å². The maximum atomic E-state index is 10.6. The Morgan fingerprint density at radius 1 is 1.55 bits per heavy atom. The van der Waals surface area contributed by atoms with Crippen LogP contribution in [0.1, 0.15) is 6.92 Å². The van der Waals surface area contributed by atoms with Gasteiger partial charge in [-0.1, -0.05) is 19.6 Å². The van der Waals surface area contributed by atoms with Gasteiger partial charge in [0.15, 0.2) is 0 Å². The first-order valence-electron chi connectivity index (χ1n) is 3.67. The number of hydrogen-bond donors (Lipinski definition) is 2. The third-order valence-electron chi connectivity index (χ3n) is 1.39. The summed E-state index contributed by atoms with van der Waals surface area (Å²) < 4.78 is 0. The van der Waals surface area contributed by atoms with Crippen molar-refractivity contribution in [1.82, 2.24) is 0 Å². The van der Waals surface area contributed by atoms with Gasteiger partial charge in [0, 0.05) is 8.07 Å². The fraction of sp³-hybridized carbons (Fsp3) is 0.857. The van der Waals surface area contributed by atoms with E-state index < -0.39 is 19.6 Å². The molecule has 1 atom stereocenters. The Kier molecular flexibility index (Phi) is 2.85. The summed E-state index contributed by atoms with van der Waals surface area (Å²) in [5.41, 5.74) is 4.54. The molecular formula is C7H17NO2Si. The Bertz CT molecular complexity index is 160. The topological polar surface area (TPSA) is 63.3 Å². The van der Waals surface area contributed by atoms with E-state index in [2.05, 4.69) is 19.6 Å². The van der Waals surface area contributed by atoms with E-state index in [0.29, 0.717) is 6.04 Å². The maximum absolute atomic E-state index is 10.6. The number of rotatable bonds is 3. The minimum atomic E-state index is -1.36. The van der Waals surface area contributed by atoms with Crippen LogP contribution in [0.3, 0.4) is 0 Å². The first kappa shape index (κ1) is 10.6. The first-order chi connectivity index (χ1) is 4.65. The average molecular weight is 175 g/mol. The lowest BCUT2D eigenvalue weighted by atomic mass is 10.1. The van der Waals surface area contributed by atoms with E-state index in [0.717, 1.165) is 0 Å². The predicted molar refractivity (Wildman–Crippen MR) is 48.4 cm³/mol. The molecule has 3 nitrogen and oxygen atoms in total. The Hall–Kier alpha value is -0.353.